The zero-order valence-electron chi connectivity index (χ0n) is 10.7. The van der Waals surface area contributed by atoms with Crippen molar-refractivity contribution in [3.05, 3.63) is 41.6 Å². The van der Waals surface area contributed by atoms with Crippen LogP contribution in [0.15, 0.2) is 22.9 Å². The van der Waals surface area contributed by atoms with Crippen LogP contribution in [0.2, 0.25) is 0 Å². The quantitative estimate of drug-likeness (QED) is 0.690. The molecule has 0 radical (unpaired) electrons. The SMILES string of the molecule is Cc1nc(Cn2c(CCl)nc3cnccc32)oc1C. The van der Waals surface area contributed by atoms with E-state index in [-0.39, 0.29) is 0 Å². The molecular formula is C13H13ClN4O. The second kappa shape index (κ2) is 4.66. The van der Waals surface area contributed by atoms with Gasteiger partial charge in [0.15, 0.2) is 0 Å². The molecule has 19 heavy (non-hydrogen) atoms. The molecule has 5 nitrogen and oxygen atoms in total. The zero-order valence-corrected chi connectivity index (χ0v) is 11.5. The van der Waals surface area contributed by atoms with E-state index in [1.807, 2.05) is 24.5 Å². The second-order valence-electron chi connectivity index (χ2n) is 4.36. The Bertz CT molecular complexity index is 712. The van der Waals surface area contributed by atoms with Crippen molar-refractivity contribution in [1.82, 2.24) is 19.5 Å². The number of aryl methyl sites for hydroxylation is 2. The largest absolute Gasteiger partial charge is 0.444 e. The van der Waals surface area contributed by atoms with Crippen LogP contribution in [0.3, 0.4) is 0 Å². The number of rotatable bonds is 3. The van der Waals surface area contributed by atoms with Gasteiger partial charge in [0.1, 0.15) is 23.6 Å². The Kier molecular flexibility index (Phi) is 2.98. The van der Waals surface area contributed by atoms with E-state index in [0.29, 0.717) is 18.3 Å². The summed E-state index contributed by atoms with van der Waals surface area (Å²) in [5.74, 6) is 2.64. The summed E-state index contributed by atoms with van der Waals surface area (Å²) in [5.41, 5.74) is 2.73. The van der Waals surface area contributed by atoms with Gasteiger partial charge in [0.05, 0.1) is 23.3 Å². The normalized spacial score (nSPS) is 11.3. The van der Waals surface area contributed by atoms with E-state index >= 15 is 0 Å². The lowest BCUT2D eigenvalue weighted by Crippen LogP contribution is -2.04. The smallest absolute Gasteiger partial charge is 0.214 e. The van der Waals surface area contributed by atoms with Crippen LogP contribution < -0.4 is 0 Å². The number of hydrogen-bond acceptors (Lipinski definition) is 4. The molecule has 0 fully saturated rings. The summed E-state index contributed by atoms with van der Waals surface area (Å²) in [4.78, 5) is 12.9. The van der Waals surface area contributed by atoms with E-state index in [1.54, 1.807) is 12.4 Å². The minimum Gasteiger partial charge on any atom is -0.444 e. The maximum atomic E-state index is 5.95. The number of hydrogen-bond donors (Lipinski definition) is 0. The monoisotopic (exact) mass is 276 g/mol. The Morgan fingerprint density at radius 1 is 1.32 bits per heavy atom. The molecule has 3 aromatic rings. The van der Waals surface area contributed by atoms with Crippen LogP contribution in [0.5, 0.6) is 0 Å². The highest BCUT2D eigenvalue weighted by molar-refractivity contribution is 6.16. The third-order valence-corrected chi connectivity index (χ3v) is 3.35. The van der Waals surface area contributed by atoms with E-state index in [4.69, 9.17) is 16.0 Å². The average Bonchev–Trinajstić information content (AvgIpc) is 2.92. The van der Waals surface area contributed by atoms with Crippen molar-refractivity contribution in [2.24, 2.45) is 0 Å². The van der Waals surface area contributed by atoms with Gasteiger partial charge in [-0.05, 0) is 19.9 Å². The summed E-state index contributed by atoms with van der Waals surface area (Å²) >= 11 is 5.95. The van der Waals surface area contributed by atoms with Crippen molar-refractivity contribution in [2.45, 2.75) is 26.3 Å². The number of alkyl halides is 1. The first-order valence-corrected chi connectivity index (χ1v) is 6.50. The van der Waals surface area contributed by atoms with Gasteiger partial charge in [-0.1, -0.05) is 0 Å². The first-order valence-electron chi connectivity index (χ1n) is 5.97. The predicted octanol–water partition coefficient (Wildman–Crippen LogP) is 2.82. The van der Waals surface area contributed by atoms with E-state index in [0.717, 1.165) is 28.3 Å². The van der Waals surface area contributed by atoms with Crippen molar-refractivity contribution in [2.75, 3.05) is 0 Å². The molecular weight excluding hydrogens is 264 g/mol. The van der Waals surface area contributed by atoms with Gasteiger partial charge < -0.3 is 8.98 Å². The molecule has 0 unspecified atom stereocenters. The van der Waals surface area contributed by atoms with Crippen LogP contribution >= 0.6 is 11.6 Å². The van der Waals surface area contributed by atoms with Crippen LogP contribution in [0, 0.1) is 13.8 Å². The molecule has 0 aliphatic rings. The minimum absolute atomic E-state index is 0.341. The van der Waals surface area contributed by atoms with Crippen LogP contribution in [0.1, 0.15) is 23.2 Å². The maximum Gasteiger partial charge on any atom is 0.214 e. The maximum absolute atomic E-state index is 5.95. The van der Waals surface area contributed by atoms with Crippen LogP contribution in [-0.4, -0.2) is 19.5 Å². The molecule has 0 atom stereocenters. The summed E-state index contributed by atoms with van der Waals surface area (Å²) in [6.07, 6.45) is 3.47. The molecule has 0 saturated carbocycles. The van der Waals surface area contributed by atoms with Gasteiger partial charge in [0.2, 0.25) is 5.89 Å². The molecule has 0 bridgehead atoms. The van der Waals surface area contributed by atoms with E-state index in [1.165, 1.54) is 0 Å². The first-order chi connectivity index (χ1) is 9.19. The van der Waals surface area contributed by atoms with Gasteiger partial charge in [-0.3, -0.25) is 4.98 Å². The molecule has 98 valence electrons. The molecule has 0 spiro atoms. The van der Waals surface area contributed by atoms with Gasteiger partial charge >= 0.3 is 0 Å². The third-order valence-electron chi connectivity index (χ3n) is 3.12. The first kappa shape index (κ1) is 12.2. The Balaban J connectivity index is 2.08. The summed E-state index contributed by atoms with van der Waals surface area (Å²) in [7, 11) is 0. The molecule has 0 amide bonds. The van der Waals surface area contributed by atoms with E-state index < -0.39 is 0 Å². The van der Waals surface area contributed by atoms with Gasteiger partial charge in [0, 0.05) is 6.20 Å². The second-order valence-corrected chi connectivity index (χ2v) is 4.63. The number of oxazole rings is 1. The minimum atomic E-state index is 0.341. The molecule has 0 N–H and O–H groups in total. The van der Waals surface area contributed by atoms with Crippen molar-refractivity contribution < 1.29 is 4.42 Å². The highest BCUT2D eigenvalue weighted by Crippen LogP contribution is 2.19. The van der Waals surface area contributed by atoms with E-state index in [9.17, 15) is 0 Å². The Labute approximate surface area is 115 Å². The van der Waals surface area contributed by atoms with Crippen LogP contribution in [0.4, 0.5) is 0 Å². The molecule has 0 aliphatic carbocycles. The lowest BCUT2D eigenvalue weighted by atomic mass is 10.4. The molecule has 0 saturated heterocycles. The number of nitrogens with zero attached hydrogens (tertiary/aromatic N) is 4. The lowest BCUT2D eigenvalue weighted by Gasteiger charge is -2.04. The predicted molar refractivity (Wildman–Crippen MR) is 72.2 cm³/mol. The molecule has 3 aromatic heterocycles. The van der Waals surface area contributed by atoms with Crippen molar-refractivity contribution in [3.8, 4) is 0 Å². The number of halogens is 1. The Morgan fingerprint density at radius 2 is 2.16 bits per heavy atom. The molecule has 0 aliphatic heterocycles. The molecule has 0 aromatic carbocycles. The average molecular weight is 277 g/mol. The van der Waals surface area contributed by atoms with E-state index in [2.05, 4.69) is 15.0 Å². The number of imidazole rings is 1. The topological polar surface area (TPSA) is 56.7 Å². The van der Waals surface area contributed by atoms with Crippen molar-refractivity contribution >= 4 is 22.6 Å². The van der Waals surface area contributed by atoms with Gasteiger partial charge in [-0.15, -0.1) is 11.6 Å². The lowest BCUT2D eigenvalue weighted by molar-refractivity contribution is 0.457. The zero-order chi connectivity index (χ0) is 13.4. The van der Waals surface area contributed by atoms with Crippen LogP contribution in [0.25, 0.3) is 11.0 Å². The summed E-state index contributed by atoms with van der Waals surface area (Å²) in [6.45, 7) is 4.36. The Morgan fingerprint density at radius 3 is 2.84 bits per heavy atom. The van der Waals surface area contributed by atoms with Gasteiger partial charge in [-0.25, -0.2) is 9.97 Å². The fourth-order valence-corrected chi connectivity index (χ4v) is 2.26. The van der Waals surface area contributed by atoms with Gasteiger partial charge in [0.25, 0.3) is 0 Å². The van der Waals surface area contributed by atoms with Gasteiger partial charge in [-0.2, -0.15) is 0 Å². The third kappa shape index (κ3) is 2.10. The number of pyridine rings is 1. The summed E-state index contributed by atoms with van der Waals surface area (Å²) in [5, 5.41) is 0. The molecule has 3 rings (SSSR count). The molecule has 3 heterocycles. The standard InChI is InChI=1S/C13H13ClN4O/c1-8-9(2)19-13(16-8)7-18-11-3-4-15-6-10(11)17-12(18)5-14/h3-4,6H,5,7H2,1-2H3. The van der Waals surface area contributed by atoms with Crippen LogP contribution in [-0.2, 0) is 12.4 Å². The Hall–Kier alpha value is -1.88. The molecule has 6 heteroatoms. The fraction of sp³-hybridized carbons (Fsp3) is 0.308. The van der Waals surface area contributed by atoms with Crippen molar-refractivity contribution in [3.63, 3.8) is 0 Å². The summed E-state index contributed by atoms with van der Waals surface area (Å²) < 4.78 is 7.63. The van der Waals surface area contributed by atoms with Crippen molar-refractivity contribution in [1.29, 1.82) is 0 Å². The highest BCUT2D eigenvalue weighted by atomic mass is 35.5. The number of aromatic nitrogens is 4. The fourth-order valence-electron chi connectivity index (χ4n) is 2.05. The highest BCUT2D eigenvalue weighted by Gasteiger charge is 2.13. The summed E-state index contributed by atoms with van der Waals surface area (Å²) in [6, 6.07) is 1.92. The number of fused-ring (bicyclic) bond motifs is 1.